The van der Waals surface area contributed by atoms with Crippen LogP contribution in [0.5, 0.6) is 0 Å². The average molecular weight is 743 g/mol. The van der Waals surface area contributed by atoms with E-state index in [0.717, 1.165) is 23.3 Å². The fraction of sp³-hybridized carbons (Fsp3) is 0. The van der Waals surface area contributed by atoms with E-state index in [1.54, 1.807) is 53.9 Å². The molecule has 55 heavy (non-hydrogen) atoms. The van der Waals surface area contributed by atoms with Gasteiger partial charge < -0.3 is 50.9 Å². The van der Waals surface area contributed by atoms with Crippen molar-refractivity contribution in [3.05, 3.63) is 192 Å². The summed E-state index contributed by atoms with van der Waals surface area (Å²) in [5.74, 6) is 0.858. The van der Waals surface area contributed by atoms with Crippen LogP contribution in [0, 0.1) is 20.2 Å². The predicted molar refractivity (Wildman–Crippen MR) is 208 cm³/mol. The molecule has 0 saturated carbocycles. The van der Waals surface area contributed by atoms with Crippen LogP contribution in [0.15, 0.2) is 171 Å². The van der Waals surface area contributed by atoms with E-state index in [1.807, 2.05) is 106 Å². The number of hydrogen-bond acceptors (Lipinski definition) is 12. The van der Waals surface area contributed by atoms with Gasteiger partial charge in [0.05, 0.1) is 12.4 Å². The zero-order chi connectivity index (χ0) is 39.4. The SMILES string of the molecule is Nc1cn(-c2ccccc2)cn1.Nc1cn(-c2ccccc2)cn1.O=[N+]([O-])c1cn(-c2ccccc2)cn1.O=[N+]([O-])c1cnc[nH]1.OB(O)c1ccccc1. The summed E-state index contributed by atoms with van der Waals surface area (Å²) in [6.07, 6.45) is 12.2. The minimum atomic E-state index is -1.34. The van der Waals surface area contributed by atoms with E-state index in [0.29, 0.717) is 17.1 Å². The summed E-state index contributed by atoms with van der Waals surface area (Å²) in [5, 5.41) is 37.3. The maximum absolute atomic E-state index is 10.4. The van der Waals surface area contributed by atoms with Gasteiger partial charge in [-0.25, -0.2) is 19.9 Å². The maximum Gasteiger partial charge on any atom is 0.488 e. The Kier molecular flexibility index (Phi) is 15.1. The molecule has 278 valence electrons. The van der Waals surface area contributed by atoms with Gasteiger partial charge in [-0.1, -0.05) is 84.9 Å². The first-order valence-electron chi connectivity index (χ1n) is 16.1. The number of nitro groups is 2. The summed E-state index contributed by atoms with van der Waals surface area (Å²) in [7, 11) is -1.34. The Morgan fingerprint density at radius 1 is 0.582 bits per heavy atom. The third-order valence-electron chi connectivity index (χ3n) is 6.90. The van der Waals surface area contributed by atoms with E-state index in [-0.39, 0.29) is 11.6 Å². The number of hydrogen-bond donors (Lipinski definition) is 5. The van der Waals surface area contributed by atoms with Crippen molar-refractivity contribution in [3.63, 3.8) is 0 Å². The van der Waals surface area contributed by atoms with Crippen molar-refractivity contribution in [2.75, 3.05) is 11.5 Å². The normalized spacial score (nSPS) is 9.71. The minimum Gasteiger partial charge on any atom is -0.423 e. The van der Waals surface area contributed by atoms with E-state index in [1.165, 1.54) is 18.9 Å². The van der Waals surface area contributed by atoms with Crippen molar-refractivity contribution in [2.45, 2.75) is 0 Å². The molecule has 0 spiro atoms. The zero-order valence-corrected chi connectivity index (χ0v) is 29.0. The van der Waals surface area contributed by atoms with Gasteiger partial charge in [-0.3, -0.25) is 4.57 Å². The van der Waals surface area contributed by atoms with Crippen LogP contribution in [0.4, 0.5) is 23.3 Å². The molecule has 0 aliphatic carbocycles. The highest BCUT2D eigenvalue weighted by molar-refractivity contribution is 6.58. The van der Waals surface area contributed by atoms with Crippen LogP contribution in [0.3, 0.4) is 0 Å². The molecule has 4 aromatic carbocycles. The fourth-order valence-electron chi connectivity index (χ4n) is 4.28. The summed E-state index contributed by atoms with van der Waals surface area (Å²) in [6.45, 7) is 0. The number of nitrogen functional groups attached to an aromatic ring is 2. The standard InChI is InChI=1S/C9H7N3O2.2C9H9N3.C6H7BO2.C3H3N3O2/c13-12(14)9-6-11(7-10-9)8-4-2-1-3-5-8;2*10-9-6-12(7-11-9)8-4-2-1-3-5-8;8-7(9)6-4-2-1-3-5-6;7-6(8)3-1-4-2-5-3/h1-7H;2*1-7H,10H2;1-5,8-9H;1-2H,(H,4,5). The molecule has 0 aliphatic heterocycles. The number of nitrogens with zero attached hydrogens (tertiary/aromatic N) is 9. The third kappa shape index (κ3) is 13.3. The highest BCUT2D eigenvalue weighted by Gasteiger charge is 2.10. The molecule has 4 heterocycles. The Morgan fingerprint density at radius 3 is 1.25 bits per heavy atom. The van der Waals surface area contributed by atoms with Gasteiger partial charge in [0, 0.05) is 17.1 Å². The van der Waals surface area contributed by atoms with Gasteiger partial charge in [-0.15, -0.1) is 0 Å². The quantitative estimate of drug-likeness (QED) is 0.0904. The maximum atomic E-state index is 10.4. The van der Waals surface area contributed by atoms with Crippen LogP contribution in [-0.4, -0.2) is 65.6 Å². The molecular formula is C36H35BN12O6. The molecule has 18 nitrogen and oxygen atoms in total. The second-order valence-corrected chi connectivity index (χ2v) is 10.8. The number of anilines is 2. The first kappa shape index (κ1) is 39.9. The number of benzene rings is 4. The molecule has 0 bridgehead atoms. The van der Waals surface area contributed by atoms with Crippen molar-refractivity contribution < 1.29 is 19.9 Å². The molecule has 0 unspecified atom stereocenters. The number of nitrogens with one attached hydrogen (secondary N) is 1. The van der Waals surface area contributed by atoms with Gasteiger partial charge in [0.25, 0.3) is 0 Å². The summed E-state index contributed by atoms with van der Waals surface area (Å²) < 4.78 is 5.38. The number of para-hydroxylation sites is 3. The van der Waals surface area contributed by atoms with Crippen molar-refractivity contribution in [2.24, 2.45) is 0 Å². The molecule has 0 aliphatic rings. The van der Waals surface area contributed by atoms with Gasteiger partial charge >= 0.3 is 18.8 Å². The smallest absolute Gasteiger partial charge is 0.423 e. The van der Waals surface area contributed by atoms with Crippen LogP contribution in [0.25, 0.3) is 17.1 Å². The molecule has 4 aromatic heterocycles. The largest absolute Gasteiger partial charge is 0.488 e. The average Bonchev–Trinajstić information content (AvgIpc) is 4.06. The van der Waals surface area contributed by atoms with Crippen LogP contribution in [0.2, 0.25) is 0 Å². The highest BCUT2D eigenvalue weighted by Crippen LogP contribution is 2.12. The summed E-state index contributed by atoms with van der Waals surface area (Å²) in [5.41, 5.74) is 14.5. The molecule has 8 aromatic rings. The molecule has 19 heteroatoms. The van der Waals surface area contributed by atoms with Crippen LogP contribution >= 0.6 is 0 Å². The zero-order valence-electron chi connectivity index (χ0n) is 29.0. The molecule has 0 atom stereocenters. The molecule has 0 fully saturated rings. The summed E-state index contributed by atoms with van der Waals surface area (Å²) in [4.78, 5) is 36.4. The lowest BCUT2D eigenvalue weighted by Gasteiger charge is -1.98. The van der Waals surface area contributed by atoms with Crippen LogP contribution < -0.4 is 16.9 Å². The molecular weight excluding hydrogens is 707 g/mol. The van der Waals surface area contributed by atoms with E-state index >= 15 is 0 Å². The van der Waals surface area contributed by atoms with E-state index in [2.05, 4.69) is 24.9 Å². The van der Waals surface area contributed by atoms with Gasteiger partial charge in [-0.05, 0) is 56.7 Å². The Morgan fingerprint density at radius 2 is 0.982 bits per heavy atom. The number of rotatable bonds is 6. The van der Waals surface area contributed by atoms with Crippen molar-refractivity contribution in [3.8, 4) is 17.1 Å². The monoisotopic (exact) mass is 742 g/mol. The van der Waals surface area contributed by atoms with Gasteiger partial charge in [0.1, 0.15) is 36.7 Å². The topological polar surface area (TPSA) is 261 Å². The molecule has 7 N–H and O–H groups in total. The molecule has 8 rings (SSSR count). The fourth-order valence-corrected chi connectivity index (χ4v) is 4.28. The predicted octanol–water partition coefficient (Wildman–Crippen LogP) is 4.37. The lowest BCUT2D eigenvalue weighted by atomic mass is 9.81. The third-order valence-corrected chi connectivity index (χ3v) is 6.90. The van der Waals surface area contributed by atoms with Gasteiger partial charge in [0.15, 0.2) is 6.33 Å². The summed E-state index contributed by atoms with van der Waals surface area (Å²) >= 11 is 0. The molecule has 0 saturated heterocycles. The number of aromatic nitrogens is 8. The number of H-pyrrole nitrogens is 1. The second kappa shape index (κ2) is 20.8. The lowest BCUT2D eigenvalue weighted by Crippen LogP contribution is -2.29. The first-order valence-corrected chi connectivity index (χ1v) is 16.1. The lowest BCUT2D eigenvalue weighted by molar-refractivity contribution is -0.389. The highest BCUT2D eigenvalue weighted by atomic mass is 16.6. The van der Waals surface area contributed by atoms with Crippen LogP contribution in [-0.2, 0) is 0 Å². The van der Waals surface area contributed by atoms with Crippen molar-refractivity contribution in [1.82, 2.24) is 38.6 Å². The number of aromatic amines is 1. The number of nitrogens with two attached hydrogens (primary N) is 2. The summed E-state index contributed by atoms with van der Waals surface area (Å²) in [6, 6.07) is 37.8. The minimum absolute atomic E-state index is 0.0787. The Balaban J connectivity index is 0.000000155. The second-order valence-electron chi connectivity index (χ2n) is 10.8. The molecule has 0 radical (unpaired) electrons. The van der Waals surface area contributed by atoms with Gasteiger partial charge in [-0.2, -0.15) is 0 Å². The van der Waals surface area contributed by atoms with E-state index in [4.69, 9.17) is 21.5 Å². The van der Waals surface area contributed by atoms with E-state index < -0.39 is 17.0 Å². The Bertz CT molecular complexity index is 2210. The Labute approximate surface area is 314 Å². The number of imidazole rings is 4. The van der Waals surface area contributed by atoms with E-state index in [9.17, 15) is 20.2 Å². The van der Waals surface area contributed by atoms with Crippen molar-refractivity contribution >= 4 is 35.9 Å². The first-order chi connectivity index (χ1) is 26.6. The van der Waals surface area contributed by atoms with Gasteiger partial charge in [0.2, 0.25) is 6.33 Å². The van der Waals surface area contributed by atoms with Crippen molar-refractivity contribution in [1.29, 1.82) is 0 Å². The Hall–Kier alpha value is -7.90. The molecule has 0 amide bonds. The van der Waals surface area contributed by atoms with Crippen LogP contribution in [0.1, 0.15) is 0 Å².